The summed E-state index contributed by atoms with van der Waals surface area (Å²) in [6, 6.07) is 0.507. The molecule has 1 heterocycles. The molecule has 1 aromatic heterocycles. The van der Waals surface area contributed by atoms with Crippen molar-refractivity contribution < 1.29 is 9.53 Å². The van der Waals surface area contributed by atoms with Gasteiger partial charge in [-0.3, -0.25) is 4.98 Å². The molecule has 0 spiro atoms. The first-order valence-corrected chi connectivity index (χ1v) is 6.45. The Bertz CT molecular complexity index is 443. The Kier molecular flexibility index (Phi) is 2.89. The number of aromatic nitrogens is 2. The van der Waals surface area contributed by atoms with E-state index < -0.39 is 5.97 Å². The van der Waals surface area contributed by atoms with Gasteiger partial charge in [0.25, 0.3) is 0 Å². The molecule has 0 saturated heterocycles. The minimum Gasteiger partial charge on any atom is -0.464 e. The van der Waals surface area contributed by atoms with Crippen LogP contribution in [0, 0.1) is 11.8 Å². The van der Waals surface area contributed by atoms with E-state index in [0.717, 1.165) is 11.8 Å². The van der Waals surface area contributed by atoms with Crippen molar-refractivity contribution in [2.45, 2.75) is 31.7 Å². The number of hydrogen-bond donors (Lipinski definition) is 1. The molecule has 0 atom stereocenters. The van der Waals surface area contributed by atoms with E-state index in [-0.39, 0.29) is 5.69 Å². The Labute approximate surface area is 106 Å². The number of rotatable bonds is 5. The summed E-state index contributed by atoms with van der Waals surface area (Å²) in [5, 5.41) is 3.44. The van der Waals surface area contributed by atoms with Gasteiger partial charge in [-0.1, -0.05) is 0 Å². The average molecular weight is 247 g/mol. The quantitative estimate of drug-likeness (QED) is 0.805. The van der Waals surface area contributed by atoms with Gasteiger partial charge in [-0.25, -0.2) is 9.78 Å². The highest BCUT2D eigenvalue weighted by Gasteiger charge is 2.41. The number of methoxy groups -OCH3 is 1. The van der Waals surface area contributed by atoms with Gasteiger partial charge in [0.05, 0.1) is 19.5 Å². The van der Waals surface area contributed by atoms with Crippen molar-refractivity contribution in [1.29, 1.82) is 0 Å². The highest BCUT2D eigenvalue weighted by Crippen LogP contribution is 2.45. The van der Waals surface area contributed by atoms with Gasteiger partial charge in [0.1, 0.15) is 5.82 Å². The summed E-state index contributed by atoms with van der Waals surface area (Å²) < 4.78 is 4.65. The van der Waals surface area contributed by atoms with Crippen LogP contribution in [0.4, 0.5) is 5.82 Å². The van der Waals surface area contributed by atoms with E-state index >= 15 is 0 Å². The fraction of sp³-hybridized carbons (Fsp3) is 0.615. The Morgan fingerprint density at radius 2 is 2.00 bits per heavy atom. The molecule has 0 bridgehead atoms. The van der Waals surface area contributed by atoms with Crippen molar-refractivity contribution in [1.82, 2.24) is 9.97 Å². The maximum atomic E-state index is 11.4. The van der Waals surface area contributed by atoms with Crippen molar-refractivity contribution >= 4 is 11.8 Å². The lowest BCUT2D eigenvalue weighted by atomic mass is 10.1. The molecule has 1 N–H and O–H groups in total. The molecule has 2 aliphatic rings. The number of nitrogens with one attached hydrogen (secondary N) is 1. The fourth-order valence-corrected chi connectivity index (χ4v) is 2.34. The smallest absolute Gasteiger partial charge is 0.358 e. The Morgan fingerprint density at radius 3 is 2.56 bits per heavy atom. The summed E-state index contributed by atoms with van der Waals surface area (Å²) in [5.41, 5.74) is 0.257. The zero-order valence-electron chi connectivity index (χ0n) is 10.4. The van der Waals surface area contributed by atoms with Crippen molar-refractivity contribution in [3.8, 4) is 0 Å². The first-order valence-electron chi connectivity index (χ1n) is 6.45. The van der Waals surface area contributed by atoms with E-state index in [4.69, 9.17) is 0 Å². The Hall–Kier alpha value is -1.65. The number of carbonyl (C=O) groups excluding carboxylic acids is 1. The number of ether oxygens (including phenoxy) is 1. The Balaban J connectivity index is 1.72. The zero-order chi connectivity index (χ0) is 12.5. The van der Waals surface area contributed by atoms with E-state index in [9.17, 15) is 4.79 Å². The molecular weight excluding hydrogens is 230 g/mol. The Morgan fingerprint density at radius 1 is 1.33 bits per heavy atom. The van der Waals surface area contributed by atoms with E-state index in [1.807, 2.05) is 0 Å². The highest BCUT2D eigenvalue weighted by molar-refractivity contribution is 5.87. The molecule has 3 rings (SSSR count). The van der Waals surface area contributed by atoms with Gasteiger partial charge in [0, 0.05) is 6.04 Å². The van der Waals surface area contributed by atoms with Gasteiger partial charge in [-0.05, 0) is 37.5 Å². The van der Waals surface area contributed by atoms with Crippen LogP contribution in [0.3, 0.4) is 0 Å². The second-order valence-corrected chi connectivity index (χ2v) is 5.13. The maximum absolute atomic E-state index is 11.4. The van der Waals surface area contributed by atoms with Gasteiger partial charge < -0.3 is 10.1 Å². The van der Waals surface area contributed by atoms with Crippen molar-refractivity contribution in [2.24, 2.45) is 11.8 Å². The second-order valence-electron chi connectivity index (χ2n) is 5.13. The zero-order valence-corrected chi connectivity index (χ0v) is 10.4. The average Bonchev–Trinajstić information content (AvgIpc) is 3.28. The van der Waals surface area contributed by atoms with Crippen LogP contribution in [0.1, 0.15) is 36.2 Å². The lowest BCUT2D eigenvalue weighted by Gasteiger charge is -2.18. The molecule has 18 heavy (non-hydrogen) atoms. The van der Waals surface area contributed by atoms with Gasteiger partial charge in [-0.2, -0.15) is 0 Å². The van der Waals surface area contributed by atoms with E-state index in [1.165, 1.54) is 39.0 Å². The number of esters is 1. The predicted molar refractivity (Wildman–Crippen MR) is 66.2 cm³/mol. The summed E-state index contributed by atoms with van der Waals surface area (Å²) in [4.78, 5) is 19.7. The van der Waals surface area contributed by atoms with E-state index in [1.54, 1.807) is 6.20 Å². The van der Waals surface area contributed by atoms with E-state index in [2.05, 4.69) is 20.0 Å². The maximum Gasteiger partial charge on any atom is 0.358 e. The summed E-state index contributed by atoms with van der Waals surface area (Å²) in [7, 11) is 1.35. The molecule has 0 amide bonds. The van der Waals surface area contributed by atoms with Crippen molar-refractivity contribution in [3.63, 3.8) is 0 Å². The highest BCUT2D eigenvalue weighted by atomic mass is 16.5. The molecule has 0 aromatic carbocycles. The summed E-state index contributed by atoms with van der Waals surface area (Å²) in [5.74, 6) is 1.80. The largest absolute Gasteiger partial charge is 0.464 e. The lowest BCUT2D eigenvalue weighted by Crippen LogP contribution is -2.25. The summed E-state index contributed by atoms with van der Waals surface area (Å²) >= 11 is 0. The van der Waals surface area contributed by atoms with Gasteiger partial charge in [0.15, 0.2) is 5.69 Å². The molecule has 0 radical (unpaired) electrons. The first kappa shape index (κ1) is 11.4. The third-order valence-corrected chi connectivity index (χ3v) is 3.60. The normalized spacial score (nSPS) is 18.8. The predicted octanol–water partition coefficient (Wildman–Crippen LogP) is 1.86. The van der Waals surface area contributed by atoms with Crippen LogP contribution in [-0.4, -0.2) is 29.1 Å². The van der Waals surface area contributed by atoms with Crippen LogP contribution in [0.2, 0.25) is 0 Å². The first-order chi connectivity index (χ1) is 8.78. The third kappa shape index (κ3) is 2.44. The van der Waals surface area contributed by atoms with Gasteiger partial charge in [-0.15, -0.1) is 0 Å². The van der Waals surface area contributed by atoms with Gasteiger partial charge >= 0.3 is 5.97 Å². The summed E-state index contributed by atoms with van der Waals surface area (Å²) in [6.45, 7) is 0. The fourth-order valence-electron chi connectivity index (χ4n) is 2.34. The third-order valence-electron chi connectivity index (χ3n) is 3.60. The minimum absolute atomic E-state index is 0.257. The molecule has 96 valence electrons. The van der Waals surface area contributed by atoms with Gasteiger partial charge in [0.2, 0.25) is 0 Å². The number of hydrogen-bond acceptors (Lipinski definition) is 5. The number of carbonyl (C=O) groups is 1. The molecule has 5 heteroatoms. The van der Waals surface area contributed by atoms with Crippen LogP contribution in [0.25, 0.3) is 0 Å². The lowest BCUT2D eigenvalue weighted by molar-refractivity contribution is 0.0593. The van der Waals surface area contributed by atoms with E-state index in [0.29, 0.717) is 11.9 Å². The minimum atomic E-state index is -0.444. The molecule has 1 aromatic rings. The SMILES string of the molecule is COC(=O)c1cncc(NC(C2CC2)C2CC2)n1. The molecule has 0 aliphatic heterocycles. The van der Waals surface area contributed by atoms with Crippen molar-refractivity contribution in [2.75, 3.05) is 12.4 Å². The second kappa shape index (κ2) is 4.55. The molecule has 2 saturated carbocycles. The number of anilines is 1. The molecule has 2 aliphatic carbocycles. The summed E-state index contributed by atoms with van der Waals surface area (Å²) in [6.07, 6.45) is 8.32. The molecule has 5 nitrogen and oxygen atoms in total. The van der Waals surface area contributed by atoms with Crippen LogP contribution < -0.4 is 5.32 Å². The van der Waals surface area contributed by atoms with Crippen molar-refractivity contribution in [3.05, 3.63) is 18.1 Å². The molecular formula is C13H17N3O2. The topological polar surface area (TPSA) is 64.1 Å². The van der Waals surface area contributed by atoms with Crippen LogP contribution >= 0.6 is 0 Å². The monoisotopic (exact) mass is 247 g/mol. The van der Waals surface area contributed by atoms with Crippen LogP contribution in [0.5, 0.6) is 0 Å². The van der Waals surface area contributed by atoms with Crippen LogP contribution in [-0.2, 0) is 4.74 Å². The van der Waals surface area contributed by atoms with Crippen LogP contribution in [0.15, 0.2) is 12.4 Å². The molecule has 2 fully saturated rings. The molecule has 0 unspecified atom stereocenters. The number of nitrogens with zero attached hydrogens (tertiary/aromatic N) is 2. The standard InChI is InChI=1S/C13H17N3O2/c1-18-13(17)10-6-14-7-11(15-10)16-12(8-2-3-8)9-4-5-9/h6-9,12H,2-5H2,1H3,(H,15,16).